The molecule has 0 saturated heterocycles. The monoisotopic (exact) mass is 169 g/mol. The molecule has 4 nitrogen and oxygen atoms in total. The van der Waals surface area contributed by atoms with E-state index in [-0.39, 0.29) is 5.56 Å². The molecule has 2 N–H and O–H groups in total. The molecule has 2 aromatic heterocycles. The van der Waals surface area contributed by atoms with Gasteiger partial charge in [0.25, 0.3) is 5.56 Å². The van der Waals surface area contributed by atoms with E-state index in [9.17, 15) is 4.79 Å². The predicted octanol–water partition coefficient (Wildman–Crippen LogP) is 0.905. The Bertz CT molecular complexity index is 444. The van der Waals surface area contributed by atoms with Gasteiger partial charge in [0.1, 0.15) is 5.52 Å². The molecule has 56 valence electrons. The molecule has 2 heterocycles. The fourth-order valence-electron chi connectivity index (χ4n) is 0.945. The molecule has 2 aromatic rings. The average Bonchev–Trinajstić information content (AvgIpc) is 2.45. The molecule has 0 saturated carbocycles. The highest BCUT2D eigenvalue weighted by Gasteiger charge is 2.03. The quantitative estimate of drug-likeness (QED) is 0.616. The van der Waals surface area contributed by atoms with E-state index in [0.717, 1.165) is 0 Å². The molecular formula is C6H4ClN3O. The third kappa shape index (κ3) is 0.832. The molecule has 0 aliphatic carbocycles. The lowest BCUT2D eigenvalue weighted by Gasteiger charge is -1.88. The van der Waals surface area contributed by atoms with Crippen LogP contribution in [0.1, 0.15) is 0 Å². The van der Waals surface area contributed by atoms with E-state index < -0.39 is 0 Å². The Balaban J connectivity index is 3.08. The maximum absolute atomic E-state index is 11.0. The van der Waals surface area contributed by atoms with Crippen molar-refractivity contribution in [2.45, 2.75) is 0 Å². The van der Waals surface area contributed by atoms with Crippen LogP contribution in [-0.4, -0.2) is 15.2 Å². The van der Waals surface area contributed by atoms with Gasteiger partial charge in [0.2, 0.25) is 0 Å². The largest absolute Gasteiger partial charge is 0.357 e. The Kier molecular flexibility index (Phi) is 1.22. The minimum atomic E-state index is -0.255. The van der Waals surface area contributed by atoms with Crippen LogP contribution in [-0.2, 0) is 0 Å². The van der Waals surface area contributed by atoms with Crippen molar-refractivity contribution in [3.05, 3.63) is 27.8 Å². The molecule has 11 heavy (non-hydrogen) atoms. The maximum Gasteiger partial charge on any atom is 0.288 e. The van der Waals surface area contributed by atoms with Crippen molar-refractivity contribution >= 4 is 22.5 Å². The van der Waals surface area contributed by atoms with Crippen molar-refractivity contribution in [1.82, 2.24) is 15.2 Å². The van der Waals surface area contributed by atoms with Crippen molar-refractivity contribution in [3.8, 4) is 0 Å². The van der Waals surface area contributed by atoms with Crippen LogP contribution in [0, 0.1) is 0 Å². The number of H-pyrrole nitrogens is 2. The van der Waals surface area contributed by atoms with Gasteiger partial charge >= 0.3 is 0 Å². The van der Waals surface area contributed by atoms with E-state index in [2.05, 4.69) is 15.2 Å². The van der Waals surface area contributed by atoms with E-state index in [1.54, 1.807) is 12.3 Å². The van der Waals surface area contributed by atoms with E-state index >= 15 is 0 Å². The molecule has 0 bridgehead atoms. The summed E-state index contributed by atoms with van der Waals surface area (Å²) in [6.07, 6.45) is 1.65. The van der Waals surface area contributed by atoms with Crippen molar-refractivity contribution in [3.63, 3.8) is 0 Å². The molecule has 0 radical (unpaired) electrons. The first-order valence-electron chi connectivity index (χ1n) is 3.00. The second kappa shape index (κ2) is 2.10. The zero-order valence-electron chi connectivity index (χ0n) is 5.39. The van der Waals surface area contributed by atoms with E-state index in [1.807, 2.05) is 0 Å². The molecular weight excluding hydrogens is 166 g/mol. The molecule has 0 unspecified atom stereocenters. The summed E-state index contributed by atoms with van der Waals surface area (Å²) in [5, 5.41) is 6.80. The number of rotatable bonds is 0. The Morgan fingerprint density at radius 1 is 1.55 bits per heavy atom. The number of nitrogens with one attached hydrogen (secondary N) is 2. The van der Waals surface area contributed by atoms with Crippen LogP contribution in [0.2, 0.25) is 5.15 Å². The van der Waals surface area contributed by atoms with Crippen molar-refractivity contribution in [2.24, 2.45) is 0 Å². The van der Waals surface area contributed by atoms with E-state index in [1.165, 1.54) is 0 Å². The Morgan fingerprint density at radius 2 is 2.36 bits per heavy atom. The van der Waals surface area contributed by atoms with Crippen LogP contribution >= 0.6 is 11.6 Å². The topological polar surface area (TPSA) is 61.5 Å². The molecule has 5 heteroatoms. The van der Waals surface area contributed by atoms with Crippen LogP contribution < -0.4 is 5.56 Å². The van der Waals surface area contributed by atoms with Gasteiger partial charge in [0.05, 0.1) is 0 Å². The lowest BCUT2D eigenvalue weighted by molar-refractivity contribution is 1.01. The molecule has 0 aliphatic heterocycles. The lowest BCUT2D eigenvalue weighted by Crippen LogP contribution is -2.07. The number of hydrogen-bond acceptors (Lipinski definition) is 2. The zero-order chi connectivity index (χ0) is 7.84. The van der Waals surface area contributed by atoms with Gasteiger partial charge in [-0.3, -0.25) is 4.79 Å². The summed E-state index contributed by atoms with van der Waals surface area (Å²) in [7, 11) is 0. The summed E-state index contributed by atoms with van der Waals surface area (Å²) in [4.78, 5) is 13.7. The second-order valence-corrected chi connectivity index (χ2v) is 2.47. The summed E-state index contributed by atoms with van der Waals surface area (Å²) in [5.74, 6) is 0. The van der Waals surface area contributed by atoms with Gasteiger partial charge in [0.15, 0.2) is 5.15 Å². The fourth-order valence-corrected chi connectivity index (χ4v) is 1.14. The van der Waals surface area contributed by atoms with E-state index in [4.69, 9.17) is 11.6 Å². The van der Waals surface area contributed by atoms with Crippen LogP contribution in [0.15, 0.2) is 17.1 Å². The second-order valence-electron chi connectivity index (χ2n) is 2.11. The highest BCUT2D eigenvalue weighted by Crippen LogP contribution is 2.14. The molecule has 0 fully saturated rings. The molecule has 2 rings (SSSR count). The van der Waals surface area contributed by atoms with Crippen molar-refractivity contribution in [1.29, 1.82) is 0 Å². The lowest BCUT2D eigenvalue weighted by atomic mass is 10.4. The summed E-state index contributed by atoms with van der Waals surface area (Å²) in [5.41, 5.74) is 0.208. The first kappa shape index (κ1) is 6.42. The zero-order valence-corrected chi connectivity index (χ0v) is 6.14. The normalized spacial score (nSPS) is 10.6. The van der Waals surface area contributed by atoms with Gasteiger partial charge < -0.3 is 4.98 Å². The number of hydrogen-bond donors (Lipinski definition) is 2. The van der Waals surface area contributed by atoms with Gasteiger partial charge in [-0.2, -0.15) is 5.10 Å². The molecule has 0 atom stereocenters. The fraction of sp³-hybridized carbons (Fsp3) is 0. The standard InChI is InChI=1S/C6H4ClN3O/c7-5-3-1-2-8-4(3)6(11)10-9-5/h1-2,8H,(H,10,11). The average molecular weight is 170 g/mol. The van der Waals surface area contributed by atoms with Gasteiger partial charge in [-0.1, -0.05) is 11.6 Å². The third-order valence-corrected chi connectivity index (χ3v) is 1.74. The van der Waals surface area contributed by atoms with Gasteiger partial charge in [-0.15, -0.1) is 0 Å². The third-order valence-electron chi connectivity index (χ3n) is 1.45. The van der Waals surface area contributed by atoms with E-state index in [0.29, 0.717) is 16.1 Å². The first-order chi connectivity index (χ1) is 5.29. The SMILES string of the molecule is O=c1[nH]nc(Cl)c2cc[nH]c12. The molecule has 0 aromatic carbocycles. The van der Waals surface area contributed by atoms with Crippen LogP contribution in [0.25, 0.3) is 10.9 Å². The number of halogens is 1. The number of aromatic amines is 2. The number of fused-ring (bicyclic) bond motifs is 1. The van der Waals surface area contributed by atoms with Crippen LogP contribution in [0.4, 0.5) is 0 Å². The Morgan fingerprint density at radius 3 is 3.09 bits per heavy atom. The summed E-state index contributed by atoms with van der Waals surface area (Å²) < 4.78 is 0. The molecule has 0 aliphatic rings. The van der Waals surface area contributed by atoms with Gasteiger partial charge in [-0.05, 0) is 6.07 Å². The highest BCUT2D eigenvalue weighted by atomic mass is 35.5. The summed E-state index contributed by atoms with van der Waals surface area (Å²) in [6, 6.07) is 1.71. The molecule has 0 amide bonds. The highest BCUT2D eigenvalue weighted by molar-refractivity contribution is 6.33. The van der Waals surface area contributed by atoms with Gasteiger partial charge in [-0.25, -0.2) is 5.10 Å². The molecule has 0 spiro atoms. The maximum atomic E-state index is 11.0. The first-order valence-corrected chi connectivity index (χ1v) is 3.38. The summed E-state index contributed by atoms with van der Waals surface area (Å²) >= 11 is 5.67. The van der Waals surface area contributed by atoms with Crippen LogP contribution in [0.5, 0.6) is 0 Å². The van der Waals surface area contributed by atoms with Crippen molar-refractivity contribution in [2.75, 3.05) is 0 Å². The Hall–Kier alpha value is -1.29. The Labute approximate surface area is 66.2 Å². The minimum absolute atomic E-state index is 0.255. The minimum Gasteiger partial charge on any atom is -0.357 e. The number of aromatic nitrogens is 3. The summed E-state index contributed by atoms with van der Waals surface area (Å²) in [6.45, 7) is 0. The van der Waals surface area contributed by atoms with Gasteiger partial charge in [0, 0.05) is 11.6 Å². The van der Waals surface area contributed by atoms with Crippen molar-refractivity contribution < 1.29 is 0 Å². The number of nitrogens with zero attached hydrogens (tertiary/aromatic N) is 1. The van der Waals surface area contributed by atoms with Crippen LogP contribution in [0.3, 0.4) is 0 Å². The smallest absolute Gasteiger partial charge is 0.288 e. The predicted molar refractivity (Wildman–Crippen MR) is 41.7 cm³/mol.